The molecule has 0 bridgehead atoms. The van der Waals surface area contributed by atoms with E-state index in [1.807, 2.05) is 30.3 Å². The molecular formula is C22H18FN3O4S. The summed E-state index contributed by atoms with van der Waals surface area (Å²) in [5.74, 6) is -0.634. The van der Waals surface area contributed by atoms with Crippen LogP contribution in [0.25, 0.3) is 0 Å². The number of carbonyl (C=O) groups excluding carboxylic acids is 1. The van der Waals surface area contributed by atoms with Gasteiger partial charge in [0, 0.05) is 24.1 Å². The van der Waals surface area contributed by atoms with Gasteiger partial charge in [0.05, 0.1) is 17.2 Å². The number of nitro groups is 1. The van der Waals surface area contributed by atoms with Gasteiger partial charge in [0.2, 0.25) is 0 Å². The van der Waals surface area contributed by atoms with Crippen molar-refractivity contribution in [3.63, 3.8) is 0 Å². The molecule has 0 aromatic heterocycles. The second-order valence-electron chi connectivity index (χ2n) is 6.44. The summed E-state index contributed by atoms with van der Waals surface area (Å²) in [6.07, 6.45) is 0.761. The molecule has 0 spiro atoms. The number of halogens is 1. The van der Waals surface area contributed by atoms with Crippen LogP contribution in [-0.4, -0.2) is 22.5 Å². The molecule has 0 aliphatic rings. The lowest BCUT2D eigenvalue weighted by Crippen LogP contribution is -2.34. The third kappa shape index (κ3) is 6.31. The highest BCUT2D eigenvalue weighted by atomic mass is 32.1. The normalized spacial score (nSPS) is 10.2. The van der Waals surface area contributed by atoms with Crippen molar-refractivity contribution in [1.29, 1.82) is 0 Å². The van der Waals surface area contributed by atoms with Crippen LogP contribution in [0.5, 0.6) is 5.75 Å². The Morgan fingerprint density at radius 1 is 1.06 bits per heavy atom. The van der Waals surface area contributed by atoms with E-state index in [-0.39, 0.29) is 16.5 Å². The smallest absolute Gasteiger partial charge is 0.271 e. The van der Waals surface area contributed by atoms with Gasteiger partial charge >= 0.3 is 0 Å². The Balaban J connectivity index is 1.52. The first-order chi connectivity index (χ1) is 14.9. The molecule has 3 rings (SSSR count). The number of ether oxygens (including phenoxy) is 1. The van der Waals surface area contributed by atoms with Crippen LogP contribution >= 0.6 is 12.2 Å². The molecule has 0 saturated carbocycles. The number of nitro benzene ring substituents is 1. The van der Waals surface area contributed by atoms with Crippen molar-refractivity contribution in [2.75, 3.05) is 11.9 Å². The summed E-state index contributed by atoms with van der Waals surface area (Å²) in [6.45, 7) is 0.498. The molecular weight excluding hydrogens is 421 g/mol. The average Bonchev–Trinajstić information content (AvgIpc) is 2.76. The standard InChI is InChI=1S/C22H18FN3O4S/c23-19-11-8-17(26(28)29)14-20(19)24-22(31)25-21(27)16-6-9-18(10-7-16)30-13-12-15-4-2-1-3-5-15/h1-11,14H,12-13H2,(H2,24,25,27,31). The largest absolute Gasteiger partial charge is 0.493 e. The number of hydrogen-bond donors (Lipinski definition) is 2. The Labute approximate surface area is 183 Å². The summed E-state index contributed by atoms with van der Waals surface area (Å²) in [5.41, 5.74) is 0.973. The van der Waals surface area contributed by atoms with Gasteiger partial charge in [0.25, 0.3) is 11.6 Å². The lowest BCUT2D eigenvalue weighted by Gasteiger charge is -2.11. The van der Waals surface area contributed by atoms with Crippen LogP contribution in [0.4, 0.5) is 15.8 Å². The Morgan fingerprint density at radius 2 is 1.77 bits per heavy atom. The zero-order chi connectivity index (χ0) is 22.2. The highest BCUT2D eigenvalue weighted by Crippen LogP contribution is 2.21. The number of carbonyl (C=O) groups is 1. The van der Waals surface area contributed by atoms with E-state index in [0.29, 0.717) is 17.9 Å². The number of benzene rings is 3. The summed E-state index contributed by atoms with van der Waals surface area (Å²) < 4.78 is 19.5. The van der Waals surface area contributed by atoms with Gasteiger partial charge in [-0.1, -0.05) is 30.3 Å². The Bertz CT molecular complexity index is 1090. The van der Waals surface area contributed by atoms with Crippen molar-refractivity contribution in [2.45, 2.75) is 6.42 Å². The summed E-state index contributed by atoms with van der Waals surface area (Å²) in [7, 11) is 0. The van der Waals surface area contributed by atoms with Crippen molar-refractivity contribution in [2.24, 2.45) is 0 Å². The molecule has 3 aromatic rings. The van der Waals surface area contributed by atoms with E-state index in [4.69, 9.17) is 17.0 Å². The van der Waals surface area contributed by atoms with Gasteiger partial charge in [0.15, 0.2) is 5.11 Å². The third-order valence-corrected chi connectivity index (χ3v) is 4.46. The van der Waals surface area contributed by atoms with Gasteiger partial charge in [-0.05, 0) is 48.1 Å². The maximum atomic E-state index is 13.8. The predicted octanol–water partition coefficient (Wildman–Crippen LogP) is 4.48. The van der Waals surface area contributed by atoms with Crippen LogP contribution < -0.4 is 15.4 Å². The number of nitrogens with zero attached hydrogens (tertiary/aromatic N) is 1. The average molecular weight is 439 g/mol. The van der Waals surface area contributed by atoms with E-state index in [9.17, 15) is 19.3 Å². The number of nitrogens with one attached hydrogen (secondary N) is 2. The van der Waals surface area contributed by atoms with E-state index in [1.54, 1.807) is 24.3 Å². The number of anilines is 1. The molecule has 0 saturated heterocycles. The summed E-state index contributed by atoms with van der Waals surface area (Å²) in [6, 6.07) is 19.4. The van der Waals surface area contributed by atoms with Crippen LogP contribution in [-0.2, 0) is 6.42 Å². The zero-order valence-corrected chi connectivity index (χ0v) is 17.0. The van der Waals surface area contributed by atoms with E-state index in [2.05, 4.69) is 10.6 Å². The van der Waals surface area contributed by atoms with Crippen molar-refractivity contribution in [3.8, 4) is 5.75 Å². The molecule has 0 heterocycles. The first-order valence-corrected chi connectivity index (χ1v) is 9.66. The molecule has 1 amide bonds. The minimum Gasteiger partial charge on any atom is -0.493 e. The minimum atomic E-state index is -0.737. The van der Waals surface area contributed by atoms with Crippen LogP contribution in [0.2, 0.25) is 0 Å². The van der Waals surface area contributed by atoms with Crippen LogP contribution in [0, 0.1) is 15.9 Å². The lowest BCUT2D eigenvalue weighted by atomic mass is 10.2. The Kier molecular flexibility index (Phi) is 7.23. The van der Waals surface area contributed by atoms with Crippen molar-refractivity contribution >= 4 is 34.6 Å². The van der Waals surface area contributed by atoms with E-state index < -0.39 is 16.6 Å². The fraction of sp³-hybridized carbons (Fsp3) is 0.0909. The minimum absolute atomic E-state index is 0.187. The summed E-state index contributed by atoms with van der Waals surface area (Å²) in [5, 5.41) is 15.5. The molecule has 0 aliphatic heterocycles. The van der Waals surface area contributed by atoms with E-state index in [0.717, 1.165) is 24.6 Å². The Hall–Kier alpha value is -3.85. The highest BCUT2D eigenvalue weighted by Gasteiger charge is 2.14. The topological polar surface area (TPSA) is 93.5 Å². The van der Waals surface area contributed by atoms with Gasteiger partial charge in [-0.3, -0.25) is 20.2 Å². The molecule has 9 heteroatoms. The molecule has 7 nitrogen and oxygen atoms in total. The molecule has 0 aliphatic carbocycles. The quantitative estimate of drug-likeness (QED) is 0.320. The second kappa shape index (κ2) is 10.3. The molecule has 0 radical (unpaired) electrons. The number of rotatable bonds is 7. The predicted molar refractivity (Wildman–Crippen MR) is 119 cm³/mol. The second-order valence-corrected chi connectivity index (χ2v) is 6.85. The fourth-order valence-corrected chi connectivity index (χ4v) is 2.89. The van der Waals surface area contributed by atoms with Crippen molar-refractivity contribution in [3.05, 3.63) is 99.9 Å². The SMILES string of the molecule is O=C(NC(=S)Nc1cc([N+](=O)[O-])ccc1F)c1ccc(OCCc2ccccc2)cc1. The number of hydrogen-bond acceptors (Lipinski definition) is 5. The van der Waals surface area contributed by atoms with E-state index >= 15 is 0 Å². The van der Waals surface area contributed by atoms with Gasteiger partial charge in [-0.2, -0.15) is 0 Å². The molecule has 31 heavy (non-hydrogen) atoms. The molecule has 0 fully saturated rings. The van der Waals surface area contributed by atoms with Gasteiger partial charge in [-0.25, -0.2) is 4.39 Å². The number of thiocarbonyl (C=S) groups is 1. The van der Waals surface area contributed by atoms with Gasteiger partial charge < -0.3 is 10.1 Å². The number of non-ortho nitro benzene ring substituents is 1. The first-order valence-electron chi connectivity index (χ1n) is 9.25. The third-order valence-electron chi connectivity index (χ3n) is 4.25. The lowest BCUT2D eigenvalue weighted by molar-refractivity contribution is -0.384. The van der Waals surface area contributed by atoms with Crippen LogP contribution in [0.3, 0.4) is 0 Å². The Morgan fingerprint density at radius 3 is 2.45 bits per heavy atom. The van der Waals surface area contributed by atoms with Crippen molar-refractivity contribution in [1.82, 2.24) is 5.32 Å². The molecule has 3 aromatic carbocycles. The highest BCUT2D eigenvalue weighted by molar-refractivity contribution is 7.80. The maximum absolute atomic E-state index is 13.8. The summed E-state index contributed by atoms with van der Waals surface area (Å²) in [4.78, 5) is 22.5. The first kappa shape index (κ1) is 21.8. The summed E-state index contributed by atoms with van der Waals surface area (Å²) >= 11 is 5.01. The monoisotopic (exact) mass is 439 g/mol. The van der Waals surface area contributed by atoms with E-state index in [1.165, 1.54) is 5.56 Å². The number of amides is 1. The van der Waals surface area contributed by atoms with Gasteiger partial charge in [0.1, 0.15) is 11.6 Å². The molecule has 2 N–H and O–H groups in total. The molecule has 158 valence electrons. The fourth-order valence-electron chi connectivity index (χ4n) is 2.69. The molecule has 0 atom stereocenters. The van der Waals surface area contributed by atoms with Crippen molar-refractivity contribution < 1.29 is 18.8 Å². The van der Waals surface area contributed by atoms with Gasteiger partial charge in [-0.15, -0.1) is 0 Å². The van der Waals surface area contributed by atoms with Crippen LogP contribution in [0.15, 0.2) is 72.8 Å². The maximum Gasteiger partial charge on any atom is 0.271 e. The zero-order valence-electron chi connectivity index (χ0n) is 16.2. The van der Waals surface area contributed by atoms with Crippen LogP contribution in [0.1, 0.15) is 15.9 Å². The molecule has 0 unspecified atom stereocenters.